The quantitative estimate of drug-likeness (QED) is 0.112. The Hall–Kier alpha value is -0.380. The summed E-state index contributed by atoms with van der Waals surface area (Å²) in [6.45, 7) is 5.38. The predicted molar refractivity (Wildman–Crippen MR) is 133 cm³/mol. The highest BCUT2D eigenvalue weighted by Crippen LogP contribution is 2.12. The molecule has 0 rings (SSSR count). The molecule has 30 heavy (non-hydrogen) atoms. The summed E-state index contributed by atoms with van der Waals surface area (Å²) in [4.78, 5) is 0. The third-order valence-corrected chi connectivity index (χ3v) is 6.10. The number of hydrogen-bond donors (Lipinski definition) is 3. The molecule has 2 atom stereocenters. The molecule has 0 saturated heterocycles. The van der Waals surface area contributed by atoms with E-state index in [1.807, 2.05) is 6.08 Å². The van der Waals surface area contributed by atoms with Crippen LogP contribution in [0.1, 0.15) is 136 Å². The lowest BCUT2D eigenvalue weighted by Gasteiger charge is -2.19. The number of hydrogen-bond acceptors (Lipinski definition) is 3. The molecule has 0 fully saturated rings. The maximum absolute atomic E-state index is 10.3. The molecule has 0 aromatic carbocycles. The minimum Gasteiger partial charge on any atom is -0.395 e. The molecule has 0 aliphatic heterocycles. The van der Waals surface area contributed by atoms with Gasteiger partial charge in [0.05, 0.1) is 18.8 Å². The molecule has 0 radical (unpaired) electrons. The van der Waals surface area contributed by atoms with Gasteiger partial charge in [-0.3, -0.25) is 0 Å². The van der Waals surface area contributed by atoms with Crippen molar-refractivity contribution in [3.63, 3.8) is 0 Å². The van der Waals surface area contributed by atoms with E-state index in [0.29, 0.717) is 0 Å². The first kappa shape index (κ1) is 29.6. The maximum atomic E-state index is 10.3. The summed E-state index contributed by atoms with van der Waals surface area (Å²) >= 11 is 0. The molecule has 0 unspecified atom stereocenters. The zero-order valence-corrected chi connectivity index (χ0v) is 20.6. The van der Waals surface area contributed by atoms with Crippen molar-refractivity contribution in [3.8, 4) is 0 Å². The second-order valence-electron chi connectivity index (χ2n) is 9.11. The SMILES string of the molecule is CCCCCCCCCCCCC/C=C/[C@@H](O)[C@H](CO)NCCCCCCCCC. The molecule has 180 valence electrons. The zero-order chi connectivity index (χ0) is 22.1. The normalized spacial score (nSPS) is 13.9. The van der Waals surface area contributed by atoms with Gasteiger partial charge in [0.15, 0.2) is 0 Å². The molecule has 0 amide bonds. The fourth-order valence-corrected chi connectivity index (χ4v) is 3.96. The third kappa shape index (κ3) is 20.9. The summed E-state index contributed by atoms with van der Waals surface area (Å²) in [7, 11) is 0. The summed E-state index contributed by atoms with van der Waals surface area (Å²) in [5.41, 5.74) is 0. The molecule has 0 aliphatic carbocycles. The highest BCUT2D eigenvalue weighted by Gasteiger charge is 2.14. The van der Waals surface area contributed by atoms with Crippen molar-refractivity contribution < 1.29 is 10.2 Å². The van der Waals surface area contributed by atoms with Crippen LogP contribution in [-0.2, 0) is 0 Å². The highest BCUT2D eigenvalue weighted by molar-refractivity contribution is 4.94. The minimum atomic E-state index is -0.590. The topological polar surface area (TPSA) is 52.5 Å². The first-order chi connectivity index (χ1) is 14.8. The second kappa shape index (κ2) is 24.9. The van der Waals surface area contributed by atoms with Crippen LogP contribution in [-0.4, -0.2) is 35.5 Å². The minimum absolute atomic E-state index is 0.0134. The van der Waals surface area contributed by atoms with Gasteiger partial charge in [-0.25, -0.2) is 0 Å². The van der Waals surface area contributed by atoms with Gasteiger partial charge in [0, 0.05) is 0 Å². The fourth-order valence-electron chi connectivity index (χ4n) is 3.96. The number of aliphatic hydroxyl groups excluding tert-OH is 2. The largest absolute Gasteiger partial charge is 0.395 e. The third-order valence-electron chi connectivity index (χ3n) is 6.10. The van der Waals surface area contributed by atoms with Crippen molar-refractivity contribution in [1.82, 2.24) is 5.32 Å². The van der Waals surface area contributed by atoms with E-state index in [0.717, 1.165) is 19.4 Å². The van der Waals surface area contributed by atoms with Gasteiger partial charge < -0.3 is 15.5 Å². The average molecular weight is 426 g/mol. The predicted octanol–water partition coefficient (Wildman–Crippen LogP) is 7.31. The lowest BCUT2D eigenvalue weighted by atomic mass is 10.0. The molecule has 3 nitrogen and oxygen atoms in total. The lowest BCUT2D eigenvalue weighted by Crippen LogP contribution is -2.42. The van der Waals surface area contributed by atoms with E-state index in [4.69, 9.17) is 0 Å². The van der Waals surface area contributed by atoms with Gasteiger partial charge in [0.2, 0.25) is 0 Å². The number of rotatable bonds is 24. The van der Waals surface area contributed by atoms with Crippen molar-refractivity contribution in [2.24, 2.45) is 0 Å². The van der Waals surface area contributed by atoms with Crippen LogP contribution in [0.3, 0.4) is 0 Å². The molecule has 3 heteroatoms. The molecule has 0 saturated carbocycles. The van der Waals surface area contributed by atoms with Crippen LogP contribution in [0.15, 0.2) is 12.2 Å². The fraction of sp³-hybridized carbons (Fsp3) is 0.926. The van der Waals surface area contributed by atoms with Crippen molar-refractivity contribution >= 4 is 0 Å². The van der Waals surface area contributed by atoms with E-state index in [1.54, 1.807) is 0 Å². The highest BCUT2D eigenvalue weighted by atomic mass is 16.3. The van der Waals surface area contributed by atoms with Crippen LogP contribution in [0.2, 0.25) is 0 Å². The summed E-state index contributed by atoms with van der Waals surface area (Å²) in [6, 6.07) is -0.237. The first-order valence-corrected chi connectivity index (χ1v) is 13.4. The Morgan fingerprint density at radius 3 is 1.53 bits per heavy atom. The van der Waals surface area contributed by atoms with E-state index in [9.17, 15) is 10.2 Å². The van der Waals surface area contributed by atoms with Crippen LogP contribution in [0, 0.1) is 0 Å². The second-order valence-corrected chi connectivity index (χ2v) is 9.11. The molecule has 0 aliphatic rings. The van der Waals surface area contributed by atoms with Crippen molar-refractivity contribution in [2.75, 3.05) is 13.2 Å². The standard InChI is InChI=1S/C27H55NO2/c1-3-5-7-9-11-12-13-14-15-16-17-19-21-23-27(30)26(25-29)28-24-22-20-18-10-8-6-4-2/h21,23,26-30H,3-20,22,24-25H2,1-2H3/b23-21+/t26-,27+/m0/s1. The molecule has 0 heterocycles. The van der Waals surface area contributed by atoms with Gasteiger partial charge in [-0.05, 0) is 25.8 Å². The van der Waals surface area contributed by atoms with Crippen molar-refractivity contribution in [1.29, 1.82) is 0 Å². The van der Waals surface area contributed by atoms with Gasteiger partial charge in [0.1, 0.15) is 0 Å². The number of aliphatic hydroxyl groups is 2. The van der Waals surface area contributed by atoms with Crippen LogP contribution < -0.4 is 5.32 Å². The number of nitrogens with one attached hydrogen (secondary N) is 1. The first-order valence-electron chi connectivity index (χ1n) is 13.4. The van der Waals surface area contributed by atoms with E-state index < -0.39 is 6.10 Å². The Kier molecular flexibility index (Phi) is 24.6. The summed E-state index contributed by atoms with van der Waals surface area (Å²) < 4.78 is 0. The maximum Gasteiger partial charge on any atom is 0.0896 e. The Balaban J connectivity index is 3.53. The van der Waals surface area contributed by atoms with Crippen molar-refractivity contribution in [2.45, 2.75) is 148 Å². The van der Waals surface area contributed by atoms with Gasteiger partial charge in [-0.15, -0.1) is 0 Å². The molecular formula is C27H55NO2. The summed E-state index contributed by atoms with van der Waals surface area (Å²) in [6.07, 6.45) is 28.4. The average Bonchev–Trinajstić information content (AvgIpc) is 2.75. The van der Waals surface area contributed by atoms with Crippen LogP contribution >= 0.6 is 0 Å². The monoisotopic (exact) mass is 425 g/mol. The summed E-state index contributed by atoms with van der Waals surface area (Å²) in [5, 5.41) is 23.1. The molecular weight excluding hydrogens is 370 g/mol. The number of allylic oxidation sites excluding steroid dienone is 1. The Morgan fingerprint density at radius 2 is 1.07 bits per heavy atom. The van der Waals surface area contributed by atoms with E-state index in [2.05, 4.69) is 25.2 Å². The Bertz CT molecular complexity index is 346. The van der Waals surface area contributed by atoms with Gasteiger partial charge >= 0.3 is 0 Å². The lowest BCUT2D eigenvalue weighted by molar-refractivity contribution is 0.123. The van der Waals surface area contributed by atoms with Gasteiger partial charge in [0.25, 0.3) is 0 Å². The van der Waals surface area contributed by atoms with Crippen LogP contribution in [0.5, 0.6) is 0 Å². The van der Waals surface area contributed by atoms with E-state index >= 15 is 0 Å². The zero-order valence-electron chi connectivity index (χ0n) is 20.6. The van der Waals surface area contributed by atoms with E-state index in [-0.39, 0.29) is 12.6 Å². The number of unbranched alkanes of at least 4 members (excludes halogenated alkanes) is 17. The summed E-state index contributed by atoms with van der Waals surface area (Å²) in [5.74, 6) is 0. The van der Waals surface area contributed by atoms with Gasteiger partial charge in [-0.1, -0.05) is 129 Å². The Labute approximate surface area is 189 Å². The molecule has 0 aromatic rings. The van der Waals surface area contributed by atoms with Gasteiger partial charge in [-0.2, -0.15) is 0 Å². The molecule has 3 N–H and O–H groups in total. The Morgan fingerprint density at radius 1 is 0.633 bits per heavy atom. The molecule has 0 spiro atoms. The molecule has 0 aromatic heterocycles. The van der Waals surface area contributed by atoms with E-state index in [1.165, 1.54) is 109 Å². The van der Waals surface area contributed by atoms with Crippen molar-refractivity contribution in [3.05, 3.63) is 12.2 Å². The molecule has 0 bridgehead atoms. The van der Waals surface area contributed by atoms with Crippen LogP contribution in [0.25, 0.3) is 0 Å². The van der Waals surface area contributed by atoms with Crippen LogP contribution in [0.4, 0.5) is 0 Å². The smallest absolute Gasteiger partial charge is 0.0896 e.